The van der Waals surface area contributed by atoms with E-state index in [9.17, 15) is 4.79 Å². The van der Waals surface area contributed by atoms with Crippen molar-refractivity contribution in [1.29, 1.82) is 0 Å². The Hall–Kier alpha value is -1.75. The zero-order valence-electron chi connectivity index (χ0n) is 13.1. The van der Waals surface area contributed by atoms with E-state index in [2.05, 4.69) is 6.92 Å². The Bertz CT molecular complexity index is 453. The lowest BCUT2D eigenvalue weighted by molar-refractivity contribution is -0.139. The molecule has 3 unspecified atom stereocenters. The molecule has 0 amide bonds. The molecular weight excluding hydrogens is 270 g/mol. The lowest BCUT2D eigenvalue weighted by Gasteiger charge is -2.25. The quantitative estimate of drug-likeness (QED) is 0.770. The van der Waals surface area contributed by atoms with Gasteiger partial charge in [-0.3, -0.25) is 4.79 Å². The summed E-state index contributed by atoms with van der Waals surface area (Å²) in [4.78, 5) is 10.9. The first-order valence-corrected chi connectivity index (χ1v) is 7.14. The van der Waals surface area contributed by atoms with Crippen molar-refractivity contribution in [2.24, 2.45) is 11.7 Å². The molecule has 5 nitrogen and oxygen atoms in total. The van der Waals surface area contributed by atoms with Crippen LogP contribution in [0.15, 0.2) is 18.2 Å². The van der Waals surface area contributed by atoms with E-state index in [-0.39, 0.29) is 11.8 Å². The third-order valence-electron chi connectivity index (χ3n) is 4.00. The molecule has 3 N–H and O–H groups in total. The van der Waals surface area contributed by atoms with E-state index >= 15 is 0 Å². The lowest BCUT2D eigenvalue weighted by Crippen LogP contribution is -2.33. The number of nitrogens with two attached hydrogens (primary N) is 1. The number of rotatable bonds is 8. The van der Waals surface area contributed by atoms with Gasteiger partial charge in [0.2, 0.25) is 0 Å². The van der Waals surface area contributed by atoms with Crippen molar-refractivity contribution in [2.45, 2.75) is 38.6 Å². The first-order chi connectivity index (χ1) is 9.92. The fourth-order valence-corrected chi connectivity index (χ4v) is 2.52. The second kappa shape index (κ2) is 7.88. The molecule has 0 radical (unpaired) electrons. The Morgan fingerprint density at radius 1 is 1.24 bits per heavy atom. The molecule has 0 aromatic heterocycles. The molecular formula is C16H25NO4. The number of aliphatic carboxylic acids is 1. The van der Waals surface area contributed by atoms with Crippen molar-refractivity contribution in [2.75, 3.05) is 14.2 Å². The van der Waals surface area contributed by atoms with Crippen LogP contribution < -0.4 is 15.2 Å². The number of methoxy groups -OCH3 is 2. The van der Waals surface area contributed by atoms with Crippen molar-refractivity contribution in [3.63, 3.8) is 0 Å². The number of hydrogen-bond acceptors (Lipinski definition) is 4. The van der Waals surface area contributed by atoms with Crippen LogP contribution in [0.2, 0.25) is 0 Å². The van der Waals surface area contributed by atoms with E-state index < -0.39 is 12.0 Å². The molecule has 21 heavy (non-hydrogen) atoms. The summed E-state index contributed by atoms with van der Waals surface area (Å²) in [6.45, 7) is 4.13. The molecule has 0 saturated heterocycles. The van der Waals surface area contributed by atoms with Crippen LogP contribution in [0.25, 0.3) is 0 Å². The molecule has 0 spiro atoms. The van der Waals surface area contributed by atoms with Gasteiger partial charge in [0.15, 0.2) is 0 Å². The SMILES string of the molecule is CCC(CC(N)C(=O)O)C(C)c1cc(OC)cc(OC)c1. The summed E-state index contributed by atoms with van der Waals surface area (Å²) in [5.41, 5.74) is 6.74. The van der Waals surface area contributed by atoms with Gasteiger partial charge in [0.05, 0.1) is 14.2 Å². The minimum absolute atomic E-state index is 0.171. The van der Waals surface area contributed by atoms with E-state index in [0.717, 1.165) is 23.5 Å². The van der Waals surface area contributed by atoms with Gasteiger partial charge in [-0.2, -0.15) is 0 Å². The van der Waals surface area contributed by atoms with E-state index in [4.69, 9.17) is 20.3 Å². The molecule has 0 aliphatic heterocycles. The van der Waals surface area contributed by atoms with E-state index in [0.29, 0.717) is 6.42 Å². The molecule has 3 atom stereocenters. The van der Waals surface area contributed by atoms with E-state index in [1.165, 1.54) is 0 Å². The summed E-state index contributed by atoms with van der Waals surface area (Å²) in [5, 5.41) is 8.98. The van der Waals surface area contributed by atoms with Gasteiger partial charge >= 0.3 is 5.97 Å². The number of carbonyl (C=O) groups is 1. The monoisotopic (exact) mass is 295 g/mol. The molecule has 0 saturated carbocycles. The summed E-state index contributed by atoms with van der Waals surface area (Å²) in [6, 6.07) is 4.91. The maximum absolute atomic E-state index is 10.9. The maximum Gasteiger partial charge on any atom is 0.320 e. The normalized spacial score (nSPS) is 15.1. The second-order valence-corrected chi connectivity index (χ2v) is 5.28. The highest BCUT2D eigenvalue weighted by Gasteiger charge is 2.24. The standard InChI is InChI=1S/C16H25NO4/c1-5-11(8-15(17)16(18)19)10(2)12-6-13(20-3)9-14(7-12)21-4/h6-7,9-11,15H,5,8,17H2,1-4H3,(H,18,19). The number of carboxylic acids is 1. The second-order valence-electron chi connectivity index (χ2n) is 5.28. The van der Waals surface area contributed by atoms with Gasteiger partial charge in [-0.25, -0.2) is 0 Å². The van der Waals surface area contributed by atoms with Crippen LogP contribution in [0.5, 0.6) is 11.5 Å². The van der Waals surface area contributed by atoms with Gasteiger partial charge in [0, 0.05) is 6.07 Å². The van der Waals surface area contributed by atoms with Crippen LogP contribution in [0, 0.1) is 5.92 Å². The highest BCUT2D eigenvalue weighted by Crippen LogP contribution is 2.34. The third kappa shape index (κ3) is 4.63. The molecule has 0 fully saturated rings. The topological polar surface area (TPSA) is 81.8 Å². The Morgan fingerprint density at radius 2 is 1.76 bits per heavy atom. The van der Waals surface area contributed by atoms with Crippen LogP contribution in [0.3, 0.4) is 0 Å². The summed E-state index contributed by atoms with van der Waals surface area (Å²) < 4.78 is 10.6. The van der Waals surface area contributed by atoms with Crippen LogP contribution in [-0.2, 0) is 4.79 Å². The largest absolute Gasteiger partial charge is 0.497 e. The van der Waals surface area contributed by atoms with Crippen LogP contribution in [0.4, 0.5) is 0 Å². The van der Waals surface area contributed by atoms with E-state index in [1.807, 2.05) is 25.1 Å². The number of benzene rings is 1. The Kier molecular flexibility index (Phi) is 6.49. The minimum Gasteiger partial charge on any atom is -0.497 e. The Morgan fingerprint density at radius 3 is 2.14 bits per heavy atom. The molecule has 0 aliphatic rings. The van der Waals surface area contributed by atoms with Gasteiger partial charge in [-0.1, -0.05) is 20.3 Å². The predicted octanol–water partition coefficient (Wildman–Crippen LogP) is 2.64. The van der Waals surface area contributed by atoms with Crippen molar-refractivity contribution >= 4 is 5.97 Å². The molecule has 0 aliphatic carbocycles. The van der Waals surface area contributed by atoms with Gasteiger partial charge in [-0.15, -0.1) is 0 Å². The number of carboxylic acid groups (broad SMARTS) is 1. The van der Waals surface area contributed by atoms with Crippen molar-refractivity contribution < 1.29 is 19.4 Å². The number of hydrogen-bond donors (Lipinski definition) is 2. The molecule has 118 valence electrons. The maximum atomic E-state index is 10.9. The Labute approximate surface area is 126 Å². The summed E-state index contributed by atoms with van der Waals surface area (Å²) >= 11 is 0. The van der Waals surface area contributed by atoms with Crippen LogP contribution >= 0.6 is 0 Å². The lowest BCUT2D eigenvalue weighted by atomic mass is 9.81. The first kappa shape index (κ1) is 17.3. The fraction of sp³-hybridized carbons (Fsp3) is 0.562. The summed E-state index contributed by atoms with van der Waals surface area (Å²) in [5.74, 6) is 0.864. The van der Waals surface area contributed by atoms with Crippen molar-refractivity contribution in [3.05, 3.63) is 23.8 Å². The number of ether oxygens (including phenoxy) is 2. The van der Waals surface area contributed by atoms with E-state index in [1.54, 1.807) is 14.2 Å². The average molecular weight is 295 g/mol. The van der Waals surface area contributed by atoms with Crippen LogP contribution in [-0.4, -0.2) is 31.3 Å². The summed E-state index contributed by atoms with van der Waals surface area (Å²) in [7, 11) is 3.22. The molecule has 0 heterocycles. The van der Waals surface area contributed by atoms with Gasteiger partial charge in [0.1, 0.15) is 17.5 Å². The fourth-order valence-electron chi connectivity index (χ4n) is 2.52. The highest BCUT2D eigenvalue weighted by atomic mass is 16.5. The zero-order chi connectivity index (χ0) is 16.0. The first-order valence-electron chi connectivity index (χ1n) is 7.14. The Balaban J connectivity index is 2.98. The predicted molar refractivity (Wildman–Crippen MR) is 82.0 cm³/mol. The summed E-state index contributed by atoms with van der Waals surface area (Å²) in [6.07, 6.45) is 1.31. The van der Waals surface area contributed by atoms with Gasteiger partial charge in [0.25, 0.3) is 0 Å². The van der Waals surface area contributed by atoms with Gasteiger partial charge < -0.3 is 20.3 Å². The molecule has 1 rings (SSSR count). The average Bonchev–Trinajstić information content (AvgIpc) is 2.50. The smallest absolute Gasteiger partial charge is 0.320 e. The zero-order valence-corrected chi connectivity index (χ0v) is 13.1. The van der Waals surface area contributed by atoms with Crippen LogP contribution in [0.1, 0.15) is 38.2 Å². The molecule has 0 bridgehead atoms. The highest BCUT2D eigenvalue weighted by molar-refractivity contribution is 5.73. The van der Waals surface area contributed by atoms with Crippen molar-refractivity contribution in [1.82, 2.24) is 0 Å². The molecule has 1 aromatic rings. The molecule has 5 heteroatoms. The van der Waals surface area contributed by atoms with Gasteiger partial charge in [-0.05, 0) is 36.0 Å². The minimum atomic E-state index is -0.955. The van der Waals surface area contributed by atoms with Crippen molar-refractivity contribution in [3.8, 4) is 11.5 Å². The molecule has 1 aromatic carbocycles. The third-order valence-corrected chi connectivity index (χ3v) is 4.00.